The second kappa shape index (κ2) is 4.82. The first-order chi connectivity index (χ1) is 7.16. The summed E-state index contributed by atoms with van der Waals surface area (Å²) in [5.41, 5.74) is 0. The fraction of sp³-hybridized carbons (Fsp3) is 0.200. The molecule has 0 spiro atoms. The monoisotopic (exact) mass is 350 g/mol. The van der Waals surface area contributed by atoms with Crippen LogP contribution >= 0.6 is 43.2 Å². The molecule has 0 aromatic carbocycles. The molecule has 2 nitrogen and oxygen atoms in total. The summed E-state index contributed by atoms with van der Waals surface area (Å²) in [5.74, 6) is 0.583. The van der Waals surface area contributed by atoms with E-state index in [9.17, 15) is 5.11 Å². The first-order valence-corrected chi connectivity index (χ1v) is 6.72. The normalized spacial score (nSPS) is 13.0. The van der Waals surface area contributed by atoms with Gasteiger partial charge in [-0.3, -0.25) is 0 Å². The zero-order valence-corrected chi connectivity index (χ0v) is 11.6. The molecule has 1 unspecified atom stereocenters. The van der Waals surface area contributed by atoms with Gasteiger partial charge in [0.25, 0.3) is 0 Å². The minimum Gasteiger partial charge on any atom is -0.465 e. The van der Waals surface area contributed by atoms with Crippen molar-refractivity contribution in [3.8, 4) is 0 Å². The van der Waals surface area contributed by atoms with Crippen LogP contribution < -0.4 is 0 Å². The zero-order chi connectivity index (χ0) is 10.8. The average Bonchev–Trinajstić information content (AvgIpc) is 2.75. The van der Waals surface area contributed by atoms with Crippen LogP contribution in [0.15, 0.2) is 37.1 Å². The Morgan fingerprint density at radius 2 is 2.13 bits per heavy atom. The van der Waals surface area contributed by atoms with Crippen molar-refractivity contribution < 1.29 is 9.52 Å². The highest BCUT2D eigenvalue weighted by Crippen LogP contribution is 2.30. The van der Waals surface area contributed by atoms with Gasteiger partial charge >= 0.3 is 0 Å². The summed E-state index contributed by atoms with van der Waals surface area (Å²) >= 11 is 8.33. The molecule has 0 aliphatic rings. The molecule has 0 aliphatic heterocycles. The van der Waals surface area contributed by atoms with Crippen LogP contribution in [0, 0.1) is 0 Å². The van der Waals surface area contributed by atoms with Crippen molar-refractivity contribution in [1.82, 2.24) is 0 Å². The second-order valence-corrected chi connectivity index (χ2v) is 6.46. The van der Waals surface area contributed by atoms with Crippen molar-refractivity contribution in [2.75, 3.05) is 0 Å². The van der Waals surface area contributed by atoms with Gasteiger partial charge < -0.3 is 9.52 Å². The van der Waals surface area contributed by atoms with Crippen molar-refractivity contribution in [3.63, 3.8) is 0 Å². The molecule has 1 atom stereocenters. The lowest BCUT2D eigenvalue weighted by atomic mass is 10.2. The molecule has 5 heteroatoms. The summed E-state index contributed by atoms with van der Waals surface area (Å²) < 4.78 is 7.08. The van der Waals surface area contributed by atoms with Gasteiger partial charge in [-0.25, -0.2) is 0 Å². The molecule has 80 valence electrons. The van der Waals surface area contributed by atoms with Crippen molar-refractivity contribution in [2.24, 2.45) is 0 Å². The molecule has 2 heterocycles. The van der Waals surface area contributed by atoms with Crippen molar-refractivity contribution in [1.29, 1.82) is 0 Å². The summed E-state index contributed by atoms with van der Waals surface area (Å²) in [6, 6.07) is 5.75. The smallest absolute Gasteiger partial charge is 0.146 e. The van der Waals surface area contributed by atoms with E-state index in [1.165, 1.54) is 0 Å². The second-order valence-electron chi connectivity index (χ2n) is 3.06. The molecule has 2 aromatic heterocycles. The first kappa shape index (κ1) is 11.4. The summed E-state index contributed by atoms with van der Waals surface area (Å²) in [6.07, 6.45) is 1.54. The number of furan rings is 1. The molecular weight excluding hydrogens is 344 g/mol. The third-order valence-electron chi connectivity index (χ3n) is 1.97. The molecule has 2 rings (SSSR count). The number of aliphatic hydroxyl groups is 1. The van der Waals surface area contributed by atoms with Gasteiger partial charge in [0, 0.05) is 11.3 Å². The molecular formula is C10H8Br2O2S. The quantitative estimate of drug-likeness (QED) is 0.901. The number of hydrogen-bond acceptors (Lipinski definition) is 3. The lowest BCUT2D eigenvalue weighted by molar-refractivity contribution is 0.150. The van der Waals surface area contributed by atoms with E-state index in [0.717, 1.165) is 13.1 Å². The number of aliphatic hydroxyl groups excluding tert-OH is 1. The Hall–Kier alpha value is -0.100. The van der Waals surface area contributed by atoms with Crippen LogP contribution in [0.25, 0.3) is 0 Å². The Morgan fingerprint density at radius 1 is 1.33 bits per heavy atom. The largest absolute Gasteiger partial charge is 0.465 e. The molecule has 0 saturated heterocycles. The summed E-state index contributed by atoms with van der Waals surface area (Å²) in [4.78, 5) is 1.12. The average molecular weight is 352 g/mol. The Labute approximate surface area is 108 Å². The van der Waals surface area contributed by atoms with E-state index in [1.807, 2.05) is 12.1 Å². The third-order valence-corrected chi connectivity index (χ3v) is 4.27. The van der Waals surface area contributed by atoms with Crippen LogP contribution in [0.4, 0.5) is 0 Å². The predicted molar refractivity (Wildman–Crippen MR) is 67.1 cm³/mol. The molecule has 0 amide bonds. The van der Waals surface area contributed by atoms with Crippen molar-refractivity contribution >= 4 is 43.2 Å². The molecule has 0 saturated carbocycles. The summed E-state index contributed by atoms with van der Waals surface area (Å²) in [7, 11) is 0. The predicted octanol–water partition coefficient (Wildman–Crippen LogP) is 4.14. The van der Waals surface area contributed by atoms with Gasteiger partial charge in [-0.05, 0) is 50.1 Å². The van der Waals surface area contributed by atoms with Crippen LogP contribution in [0.5, 0.6) is 0 Å². The van der Waals surface area contributed by atoms with E-state index < -0.39 is 6.10 Å². The maximum absolute atomic E-state index is 9.92. The number of hydrogen-bond donors (Lipinski definition) is 1. The highest BCUT2D eigenvalue weighted by Gasteiger charge is 2.16. The van der Waals surface area contributed by atoms with Gasteiger partial charge in [-0.1, -0.05) is 0 Å². The lowest BCUT2D eigenvalue weighted by Gasteiger charge is -2.06. The highest BCUT2D eigenvalue weighted by molar-refractivity contribution is 9.11. The van der Waals surface area contributed by atoms with Crippen LogP contribution in [-0.4, -0.2) is 5.11 Å². The number of thiophene rings is 1. The van der Waals surface area contributed by atoms with Crippen LogP contribution in [0.1, 0.15) is 16.7 Å². The van der Waals surface area contributed by atoms with Crippen molar-refractivity contribution in [2.45, 2.75) is 12.5 Å². The van der Waals surface area contributed by atoms with Gasteiger partial charge in [-0.15, -0.1) is 11.3 Å². The fourth-order valence-corrected chi connectivity index (χ4v) is 3.27. The number of halogens is 2. The van der Waals surface area contributed by atoms with Gasteiger partial charge in [0.1, 0.15) is 11.9 Å². The van der Waals surface area contributed by atoms with Crippen molar-refractivity contribution in [3.05, 3.63) is 43.4 Å². The maximum atomic E-state index is 9.92. The molecule has 0 aliphatic carbocycles. The maximum Gasteiger partial charge on any atom is 0.146 e. The fourth-order valence-electron chi connectivity index (χ4n) is 1.29. The Bertz CT molecular complexity index is 450. The summed E-state index contributed by atoms with van der Waals surface area (Å²) in [5, 5.41) is 9.92. The molecule has 15 heavy (non-hydrogen) atoms. The van der Waals surface area contributed by atoms with E-state index in [-0.39, 0.29) is 0 Å². The van der Waals surface area contributed by atoms with Crippen LogP contribution in [0.2, 0.25) is 0 Å². The van der Waals surface area contributed by atoms with E-state index in [0.29, 0.717) is 12.2 Å². The third kappa shape index (κ3) is 2.72. The zero-order valence-electron chi connectivity index (χ0n) is 7.61. The Kier molecular flexibility index (Phi) is 3.66. The van der Waals surface area contributed by atoms with E-state index in [1.54, 1.807) is 23.7 Å². The SMILES string of the molecule is OC(Cc1ccc(Br)s1)c1occc1Br. The van der Waals surface area contributed by atoms with Gasteiger partial charge in [0.05, 0.1) is 14.5 Å². The molecule has 2 aromatic rings. The molecule has 0 radical (unpaired) electrons. The topological polar surface area (TPSA) is 33.4 Å². The van der Waals surface area contributed by atoms with E-state index >= 15 is 0 Å². The molecule has 0 fully saturated rings. The summed E-state index contributed by atoms with van der Waals surface area (Å²) in [6.45, 7) is 0. The molecule has 0 bridgehead atoms. The highest BCUT2D eigenvalue weighted by atomic mass is 79.9. The van der Waals surface area contributed by atoms with E-state index in [4.69, 9.17) is 4.42 Å². The van der Waals surface area contributed by atoms with Crippen LogP contribution in [0.3, 0.4) is 0 Å². The lowest BCUT2D eigenvalue weighted by Crippen LogP contribution is -1.99. The van der Waals surface area contributed by atoms with Gasteiger partial charge in [-0.2, -0.15) is 0 Å². The van der Waals surface area contributed by atoms with Gasteiger partial charge in [0.2, 0.25) is 0 Å². The van der Waals surface area contributed by atoms with Crippen LogP contribution in [-0.2, 0) is 6.42 Å². The van der Waals surface area contributed by atoms with Gasteiger partial charge in [0.15, 0.2) is 0 Å². The Morgan fingerprint density at radius 3 is 2.67 bits per heavy atom. The number of rotatable bonds is 3. The van der Waals surface area contributed by atoms with E-state index in [2.05, 4.69) is 31.9 Å². The minimum atomic E-state index is -0.597. The molecule has 1 N–H and O–H groups in total. The Balaban J connectivity index is 2.10. The minimum absolute atomic E-state index is 0.572. The first-order valence-electron chi connectivity index (χ1n) is 4.32. The standard InChI is InChI=1S/C10H8Br2O2S/c11-7-3-4-14-10(7)8(13)5-6-1-2-9(12)15-6/h1-4,8,13H,5H2.